The van der Waals surface area contributed by atoms with Crippen molar-refractivity contribution in [2.75, 3.05) is 13.2 Å². The fraction of sp³-hybridized carbons (Fsp3) is 0.700. The number of hydrogen-bond acceptors (Lipinski definition) is 5. The van der Waals surface area contributed by atoms with Gasteiger partial charge in [0, 0.05) is 0 Å². The number of esters is 1. The molecule has 1 aliphatic heterocycles. The number of aliphatic hydroxyl groups is 1. The summed E-state index contributed by atoms with van der Waals surface area (Å²) in [5.74, 6) is -11.9. The Hall–Kier alpha value is -1.47. The highest BCUT2D eigenvalue weighted by molar-refractivity contribution is 5.89. The number of hydrogen-bond donors (Lipinski definition) is 1. The molecule has 1 heterocycles. The van der Waals surface area contributed by atoms with Crippen LogP contribution in [0.4, 0.5) is 35.1 Å². The minimum absolute atomic E-state index is 1.41. The number of carbonyl (C=O) groups is 1. The number of carbonyl (C=O) groups excluding carboxylic acids is 1. The zero-order valence-electron chi connectivity index (χ0n) is 10.8. The molecule has 0 aromatic rings. The maximum atomic E-state index is 13.1. The van der Waals surface area contributed by atoms with Crippen LogP contribution in [0.1, 0.15) is 0 Å². The topological polar surface area (TPSA) is 65.0 Å². The number of rotatable bonds is 3. The third-order valence-corrected chi connectivity index (χ3v) is 2.57. The third kappa shape index (κ3) is 3.90. The van der Waals surface area contributed by atoms with Crippen LogP contribution in [0.5, 0.6) is 0 Å². The highest BCUT2D eigenvalue weighted by Crippen LogP contribution is 2.46. The molecular formula is C10H8F8O5. The Morgan fingerprint density at radius 1 is 1.26 bits per heavy atom. The van der Waals surface area contributed by atoms with Crippen molar-refractivity contribution in [2.24, 2.45) is 0 Å². The lowest BCUT2D eigenvalue weighted by molar-refractivity contribution is -0.490. The van der Waals surface area contributed by atoms with Gasteiger partial charge in [-0.25, -0.2) is 4.79 Å². The van der Waals surface area contributed by atoms with Crippen LogP contribution in [0.2, 0.25) is 0 Å². The molecule has 134 valence electrons. The van der Waals surface area contributed by atoms with Crippen LogP contribution >= 0.6 is 0 Å². The summed E-state index contributed by atoms with van der Waals surface area (Å²) >= 11 is 0. The zero-order chi connectivity index (χ0) is 18.3. The van der Waals surface area contributed by atoms with Crippen molar-refractivity contribution in [3.63, 3.8) is 0 Å². The van der Waals surface area contributed by atoms with Gasteiger partial charge in [-0.05, 0) is 0 Å². The molecule has 0 aliphatic carbocycles. The van der Waals surface area contributed by atoms with E-state index < -0.39 is 55.1 Å². The highest BCUT2D eigenvalue weighted by atomic mass is 19.4. The van der Waals surface area contributed by atoms with Crippen LogP contribution in [0.25, 0.3) is 0 Å². The molecule has 0 bridgehead atoms. The third-order valence-electron chi connectivity index (χ3n) is 2.57. The standard InChI is InChI=1S/C10H8F8O5/c1-4(8(13,14)15)6(19)21-2-5-22-3-7(11,12)9(20,23-5)10(16,17)18/h5,20H,1-3H2. The van der Waals surface area contributed by atoms with Gasteiger partial charge in [0.1, 0.15) is 18.8 Å². The Morgan fingerprint density at radius 3 is 2.22 bits per heavy atom. The van der Waals surface area contributed by atoms with Gasteiger partial charge in [-0.3, -0.25) is 0 Å². The second-order valence-corrected chi connectivity index (χ2v) is 4.28. The second kappa shape index (κ2) is 5.87. The molecule has 1 N–H and O–H groups in total. The molecule has 0 aromatic carbocycles. The first-order chi connectivity index (χ1) is 10.1. The maximum Gasteiger partial charge on any atom is 0.449 e. The Balaban J connectivity index is 2.75. The van der Waals surface area contributed by atoms with Crippen LogP contribution in [0.15, 0.2) is 12.2 Å². The van der Waals surface area contributed by atoms with E-state index in [4.69, 9.17) is 5.11 Å². The minimum atomic E-state index is -5.95. The molecule has 1 saturated heterocycles. The number of ether oxygens (including phenoxy) is 3. The molecule has 2 unspecified atom stereocenters. The van der Waals surface area contributed by atoms with E-state index in [0.29, 0.717) is 0 Å². The molecule has 1 aliphatic rings. The number of alkyl halides is 8. The average Bonchev–Trinajstić information content (AvgIpc) is 2.36. The monoisotopic (exact) mass is 360 g/mol. The molecule has 0 amide bonds. The van der Waals surface area contributed by atoms with E-state index in [2.05, 4.69) is 20.8 Å². The lowest BCUT2D eigenvalue weighted by Crippen LogP contribution is -2.67. The number of halogens is 8. The fourth-order valence-corrected chi connectivity index (χ4v) is 1.31. The molecule has 0 saturated carbocycles. The molecule has 5 nitrogen and oxygen atoms in total. The van der Waals surface area contributed by atoms with Gasteiger partial charge in [0.2, 0.25) is 0 Å². The van der Waals surface area contributed by atoms with Crippen LogP contribution in [0.3, 0.4) is 0 Å². The average molecular weight is 360 g/mol. The highest BCUT2D eigenvalue weighted by Gasteiger charge is 2.73. The fourth-order valence-electron chi connectivity index (χ4n) is 1.31. The van der Waals surface area contributed by atoms with E-state index in [1.807, 2.05) is 0 Å². The summed E-state index contributed by atoms with van der Waals surface area (Å²) in [7, 11) is 0. The summed E-state index contributed by atoms with van der Waals surface area (Å²) < 4.78 is 112. The van der Waals surface area contributed by atoms with Crippen LogP contribution < -0.4 is 0 Å². The Labute approximate surface area is 122 Å². The maximum absolute atomic E-state index is 13.1. The van der Waals surface area contributed by atoms with Gasteiger partial charge in [0.05, 0.1) is 0 Å². The van der Waals surface area contributed by atoms with Gasteiger partial charge in [0.25, 0.3) is 0 Å². The van der Waals surface area contributed by atoms with E-state index in [1.165, 1.54) is 0 Å². The Bertz CT molecular complexity index is 485. The van der Waals surface area contributed by atoms with Crippen LogP contribution in [0, 0.1) is 0 Å². The minimum Gasteiger partial charge on any atom is -0.457 e. The van der Waals surface area contributed by atoms with Crippen molar-refractivity contribution in [3.05, 3.63) is 12.2 Å². The van der Waals surface area contributed by atoms with Gasteiger partial charge < -0.3 is 19.3 Å². The van der Waals surface area contributed by atoms with Gasteiger partial charge in [-0.2, -0.15) is 35.1 Å². The normalized spacial score (nSPS) is 28.3. The summed E-state index contributed by atoms with van der Waals surface area (Å²) in [5.41, 5.74) is -1.98. The van der Waals surface area contributed by atoms with E-state index >= 15 is 0 Å². The van der Waals surface area contributed by atoms with Crippen LogP contribution in [-0.4, -0.2) is 54.6 Å². The second-order valence-electron chi connectivity index (χ2n) is 4.28. The molecule has 2 atom stereocenters. The molecule has 13 heteroatoms. The molecule has 23 heavy (non-hydrogen) atoms. The summed E-state index contributed by atoms with van der Waals surface area (Å²) in [6.07, 6.45) is -13.5. The van der Waals surface area contributed by atoms with Crippen molar-refractivity contribution in [1.82, 2.24) is 0 Å². The molecular weight excluding hydrogens is 352 g/mol. The van der Waals surface area contributed by atoms with Crippen molar-refractivity contribution in [1.29, 1.82) is 0 Å². The molecule has 1 fully saturated rings. The Kier molecular flexibility index (Phi) is 4.99. The molecule has 1 rings (SSSR count). The Morgan fingerprint density at radius 2 is 1.78 bits per heavy atom. The van der Waals surface area contributed by atoms with E-state index in [9.17, 15) is 39.9 Å². The summed E-state index contributed by atoms with van der Waals surface area (Å²) in [6.45, 7) is -1.03. The van der Waals surface area contributed by atoms with Crippen molar-refractivity contribution in [2.45, 2.75) is 30.4 Å². The zero-order valence-corrected chi connectivity index (χ0v) is 10.8. The quantitative estimate of drug-likeness (QED) is 0.473. The summed E-state index contributed by atoms with van der Waals surface area (Å²) in [5, 5.41) is 8.99. The first-order valence-corrected chi connectivity index (χ1v) is 5.51. The molecule has 0 aromatic heterocycles. The summed E-state index contributed by atoms with van der Waals surface area (Å²) in [4.78, 5) is 10.9. The van der Waals surface area contributed by atoms with Crippen molar-refractivity contribution >= 4 is 5.97 Å². The summed E-state index contributed by atoms with van der Waals surface area (Å²) in [6, 6.07) is 0. The predicted octanol–water partition coefficient (Wildman–Crippen LogP) is 1.91. The largest absolute Gasteiger partial charge is 0.457 e. The van der Waals surface area contributed by atoms with E-state index in [0.717, 1.165) is 0 Å². The van der Waals surface area contributed by atoms with Crippen molar-refractivity contribution in [3.8, 4) is 0 Å². The molecule has 0 radical (unpaired) electrons. The predicted molar refractivity (Wildman–Crippen MR) is 52.9 cm³/mol. The van der Waals surface area contributed by atoms with Gasteiger partial charge in [0.15, 0.2) is 6.29 Å². The van der Waals surface area contributed by atoms with Gasteiger partial charge in [-0.15, -0.1) is 0 Å². The first-order valence-electron chi connectivity index (χ1n) is 5.51. The van der Waals surface area contributed by atoms with Crippen molar-refractivity contribution < 1.29 is 59.2 Å². The smallest absolute Gasteiger partial charge is 0.449 e. The van der Waals surface area contributed by atoms with Gasteiger partial charge >= 0.3 is 30.0 Å². The lowest BCUT2D eigenvalue weighted by Gasteiger charge is -2.42. The van der Waals surface area contributed by atoms with E-state index in [1.54, 1.807) is 0 Å². The van der Waals surface area contributed by atoms with Gasteiger partial charge in [-0.1, -0.05) is 6.58 Å². The first kappa shape index (κ1) is 19.6. The SMILES string of the molecule is C=C(C(=O)OCC1OCC(F)(F)C(O)(C(F)(F)F)O1)C(F)(F)F. The lowest BCUT2D eigenvalue weighted by atomic mass is 10.1. The molecule has 0 spiro atoms. The van der Waals surface area contributed by atoms with Crippen LogP contribution in [-0.2, 0) is 19.0 Å². The van der Waals surface area contributed by atoms with E-state index in [-0.39, 0.29) is 0 Å².